The minimum absolute atomic E-state index is 0.119. The molecule has 0 aliphatic rings. The van der Waals surface area contributed by atoms with Crippen molar-refractivity contribution in [2.45, 2.75) is 26.2 Å². The van der Waals surface area contributed by atoms with Gasteiger partial charge in [-0.1, -0.05) is 31.2 Å². The van der Waals surface area contributed by atoms with Crippen LogP contribution in [0.1, 0.15) is 30.4 Å². The molecule has 0 radical (unpaired) electrons. The maximum atomic E-state index is 11.4. The molecule has 0 aliphatic carbocycles. The monoisotopic (exact) mass is 269 g/mol. The fraction of sp³-hybridized carbons (Fsp3) is 0.294. The van der Waals surface area contributed by atoms with Crippen molar-refractivity contribution in [2.24, 2.45) is 0 Å². The summed E-state index contributed by atoms with van der Waals surface area (Å²) in [5.41, 5.74) is 4.36. The number of hydrogen-bond donors (Lipinski definition) is 0. The van der Waals surface area contributed by atoms with Gasteiger partial charge in [0, 0.05) is 11.8 Å². The lowest BCUT2D eigenvalue weighted by Gasteiger charge is -2.12. The van der Waals surface area contributed by atoms with Crippen LogP contribution in [0.15, 0.2) is 42.6 Å². The zero-order valence-electron chi connectivity index (χ0n) is 12.1. The van der Waals surface area contributed by atoms with Gasteiger partial charge < -0.3 is 4.74 Å². The third kappa shape index (κ3) is 3.23. The number of rotatable bonds is 4. The Hall–Kier alpha value is -2.16. The quantitative estimate of drug-likeness (QED) is 0.794. The summed E-state index contributed by atoms with van der Waals surface area (Å²) >= 11 is 0. The highest BCUT2D eigenvalue weighted by atomic mass is 16.5. The molecule has 20 heavy (non-hydrogen) atoms. The fourth-order valence-electron chi connectivity index (χ4n) is 2.21. The Kier molecular flexibility index (Phi) is 4.51. The van der Waals surface area contributed by atoms with E-state index in [9.17, 15) is 4.79 Å². The Morgan fingerprint density at radius 1 is 1.30 bits per heavy atom. The highest BCUT2D eigenvalue weighted by Gasteiger charge is 2.13. The first kappa shape index (κ1) is 14.3. The van der Waals surface area contributed by atoms with Crippen molar-refractivity contribution >= 4 is 5.97 Å². The van der Waals surface area contributed by atoms with Crippen molar-refractivity contribution in [2.75, 3.05) is 7.11 Å². The van der Waals surface area contributed by atoms with E-state index < -0.39 is 0 Å². The molecule has 0 spiro atoms. The molecule has 1 heterocycles. The molecule has 1 aromatic carbocycles. The molecule has 0 aliphatic heterocycles. The number of aromatic nitrogens is 1. The van der Waals surface area contributed by atoms with Crippen LogP contribution in [0.5, 0.6) is 0 Å². The third-order valence-corrected chi connectivity index (χ3v) is 3.47. The van der Waals surface area contributed by atoms with E-state index in [0.717, 1.165) is 16.8 Å². The zero-order valence-corrected chi connectivity index (χ0v) is 12.1. The molecule has 3 heteroatoms. The zero-order chi connectivity index (χ0) is 14.5. The number of benzene rings is 1. The minimum atomic E-state index is -0.188. The van der Waals surface area contributed by atoms with Crippen molar-refractivity contribution in [1.29, 1.82) is 0 Å². The average Bonchev–Trinajstić information content (AvgIpc) is 2.47. The maximum Gasteiger partial charge on any atom is 0.306 e. The van der Waals surface area contributed by atoms with Gasteiger partial charge in [-0.25, -0.2) is 0 Å². The molecule has 0 N–H and O–H groups in total. The van der Waals surface area contributed by atoms with E-state index in [2.05, 4.69) is 30.1 Å². The van der Waals surface area contributed by atoms with Gasteiger partial charge in [0.25, 0.3) is 0 Å². The van der Waals surface area contributed by atoms with E-state index in [4.69, 9.17) is 4.74 Å². The van der Waals surface area contributed by atoms with Crippen molar-refractivity contribution in [1.82, 2.24) is 4.98 Å². The molecule has 3 nitrogen and oxygen atoms in total. The first-order valence-corrected chi connectivity index (χ1v) is 6.70. The molecule has 104 valence electrons. The van der Waals surface area contributed by atoms with Gasteiger partial charge in [-0.3, -0.25) is 9.78 Å². The number of esters is 1. The summed E-state index contributed by atoms with van der Waals surface area (Å²) in [6.07, 6.45) is 2.18. The highest BCUT2D eigenvalue weighted by molar-refractivity contribution is 5.70. The third-order valence-electron chi connectivity index (χ3n) is 3.47. The first-order valence-electron chi connectivity index (χ1n) is 6.70. The summed E-state index contributed by atoms with van der Waals surface area (Å²) in [6, 6.07) is 12.2. The van der Waals surface area contributed by atoms with Crippen LogP contribution in [-0.2, 0) is 9.53 Å². The molecular weight excluding hydrogens is 250 g/mol. The van der Waals surface area contributed by atoms with Crippen molar-refractivity contribution in [3.8, 4) is 11.3 Å². The Balaban J connectivity index is 2.29. The van der Waals surface area contributed by atoms with E-state index in [-0.39, 0.29) is 11.9 Å². The Morgan fingerprint density at radius 2 is 2.05 bits per heavy atom. The van der Waals surface area contributed by atoms with Crippen molar-refractivity contribution in [3.05, 3.63) is 53.7 Å². The van der Waals surface area contributed by atoms with Crippen LogP contribution in [-0.4, -0.2) is 18.1 Å². The molecule has 0 saturated heterocycles. The van der Waals surface area contributed by atoms with Gasteiger partial charge in [0.15, 0.2) is 0 Å². The van der Waals surface area contributed by atoms with Crippen LogP contribution < -0.4 is 0 Å². The van der Waals surface area contributed by atoms with Crippen LogP contribution >= 0.6 is 0 Å². The predicted molar refractivity (Wildman–Crippen MR) is 79.5 cm³/mol. The molecule has 0 fully saturated rings. The van der Waals surface area contributed by atoms with E-state index in [1.54, 1.807) is 6.20 Å². The van der Waals surface area contributed by atoms with Crippen molar-refractivity contribution < 1.29 is 9.53 Å². The van der Waals surface area contributed by atoms with Crippen LogP contribution in [0.4, 0.5) is 0 Å². The predicted octanol–water partition coefficient (Wildman–Crippen LogP) is 3.72. The van der Waals surface area contributed by atoms with Gasteiger partial charge in [0.1, 0.15) is 0 Å². The Labute approximate surface area is 119 Å². The summed E-state index contributed by atoms with van der Waals surface area (Å²) in [7, 11) is 1.42. The number of ether oxygens (including phenoxy) is 1. The number of carbonyl (C=O) groups excluding carboxylic acids is 1. The first-order chi connectivity index (χ1) is 9.61. The summed E-state index contributed by atoms with van der Waals surface area (Å²) in [5, 5.41) is 0. The van der Waals surface area contributed by atoms with Crippen LogP contribution in [0.25, 0.3) is 11.3 Å². The number of nitrogens with zero attached hydrogens (tertiary/aromatic N) is 1. The normalized spacial score (nSPS) is 11.9. The van der Waals surface area contributed by atoms with Gasteiger partial charge in [0.2, 0.25) is 0 Å². The number of carbonyl (C=O) groups is 1. The number of methoxy groups -OCH3 is 1. The summed E-state index contributed by atoms with van der Waals surface area (Å²) in [4.78, 5) is 15.8. The summed E-state index contributed by atoms with van der Waals surface area (Å²) < 4.78 is 4.72. The molecule has 0 amide bonds. The Bertz CT molecular complexity index is 607. The average molecular weight is 269 g/mol. The standard InChI is InChI=1S/C17H19NO2/c1-12-6-4-5-7-15(12)16-11-14(8-9-18-16)13(2)10-17(19)20-3/h4-9,11,13H,10H2,1-3H3. The minimum Gasteiger partial charge on any atom is -0.469 e. The largest absolute Gasteiger partial charge is 0.469 e. The van der Waals surface area contributed by atoms with Crippen LogP contribution in [0, 0.1) is 6.92 Å². The van der Waals surface area contributed by atoms with E-state index in [1.165, 1.54) is 12.7 Å². The fourth-order valence-corrected chi connectivity index (χ4v) is 2.21. The van der Waals surface area contributed by atoms with Crippen LogP contribution in [0.3, 0.4) is 0 Å². The Morgan fingerprint density at radius 3 is 2.75 bits per heavy atom. The van der Waals surface area contributed by atoms with Crippen molar-refractivity contribution in [3.63, 3.8) is 0 Å². The second-order valence-electron chi connectivity index (χ2n) is 4.97. The molecular formula is C17H19NO2. The second-order valence-corrected chi connectivity index (χ2v) is 4.97. The lowest BCUT2D eigenvalue weighted by molar-refractivity contribution is -0.140. The summed E-state index contributed by atoms with van der Waals surface area (Å²) in [6.45, 7) is 4.09. The van der Waals surface area contributed by atoms with Gasteiger partial charge in [-0.05, 0) is 36.1 Å². The lowest BCUT2D eigenvalue weighted by atomic mass is 9.96. The lowest BCUT2D eigenvalue weighted by Crippen LogP contribution is -2.06. The van der Waals surface area contributed by atoms with Gasteiger partial charge in [-0.2, -0.15) is 0 Å². The van der Waals surface area contributed by atoms with E-state index >= 15 is 0 Å². The number of pyridine rings is 1. The molecule has 1 atom stereocenters. The molecule has 1 aromatic heterocycles. The van der Waals surface area contributed by atoms with E-state index in [1.807, 2.05) is 25.1 Å². The highest BCUT2D eigenvalue weighted by Crippen LogP contribution is 2.26. The molecule has 2 rings (SSSR count). The van der Waals surface area contributed by atoms with Gasteiger partial charge in [-0.15, -0.1) is 0 Å². The summed E-state index contributed by atoms with van der Waals surface area (Å²) in [5.74, 6) is -0.0695. The number of aryl methyl sites for hydroxylation is 1. The van der Waals surface area contributed by atoms with Crippen LogP contribution in [0.2, 0.25) is 0 Å². The molecule has 0 saturated carbocycles. The topological polar surface area (TPSA) is 39.2 Å². The van der Waals surface area contributed by atoms with E-state index in [0.29, 0.717) is 6.42 Å². The number of hydrogen-bond acceptors (Lipinski definition) is 3. The SMILES string of the molecule is COC(=O)CC(C)c1ccnc(-c2ccccc2C)c1. The maximum absolute atomic E-state index is 11.4. The second kappa shape index (κ2) is 6.33. The van der Waals surface area contributed by atoms with Gasteiger partial charge in [0.05, 0.1) is 19.2 Å². The molecule has 2 aromatic rings. The van der Waals surface area contributed by atoms with Gasteiger partial charge >= 0.3 is 5.97 Å². The molecule has 0 bridgehead atoms. The molecule has 1 unspecified atom stereocenters. The smallest absolute Gasteiger partial charge is 0.306 e.